The van der Waals surface area contributed by atoms with Crippen molar-refractivity contribution in [3.05, 3.63) is 5.92 Å². The van der Waals surface area contributed by atoms with Crippen LogP contribution in [-0.4, -0.2) is 0 Å². The van der Waals surface area contributed by atoms with Gasteiger partial charge in [0.05, 0.1) is 0 Å². The molecule has 0 unspecified atom stereocenters. The maximum absolute atomic E-state index is 2.33. The Morgan fingerprint density at radius 2 is 1.58 bits per heavy atom. The van der Waals surface area contributed by atoms with Crippen LogP contribution in [0.4, 0.5) is 0 Å². The quantitative estimate of drug-likeness (QED) is 0.489. The van der Waals surface area contributed by atoms with E-state index in [0.717, 1.165) is 5.92 Å². The van der Waals surface area contributed by atoms with Crippen LogP contribution >= 0.6 is 0 Å². The number of unbranched alkanes of at least 4 members (excludes halogenated alkanes) is 2. The van der Waals surface area contributed by atoms with Gasteiger partial charge in [0.1, 0.15) is 0 Å². The predicted molar refractivity (Wildman–Crippen MR) is 57.1 cm³/mol. The molecule has 0 nitrogen and oxygen atoms in total. The Kier molecular flexibility index (Phi) is 7.64. The fourth-order valence-corrected chi connectivity index (χ4v) is 1.63. The highest BCUT2D eigenvalue weighted by Gasteiger charge is 2.11. The van der Waals surface area contributed by atoms with Crippen LogP contribution in [0, 0.1) is 11.8 Å². The minimum Gasteiger partial charge on any atom is -0.0654 e. The number of hydrogen-bond acceptors (Lipinski definition) is 0. The molecular weight excluding hydrogens is 144 g/mol. The molecular formula is C12H25. The molecule has 0 fully saturated rings. The van der Waals surface area contributed by atoms with E-state index in [1.54, 1.807) is 5.92 Å². The van der Waals surface area contributed by atoms with Crippen LogP contribution in [0.5, 0.6) is 0 Å². The van der Waals surface area contributed by atoms with Crippen LogP contribution in [0.3, 0.4) is 0 Å². The topological polar surface area (TPSA) is 0 Å². The highest BCUT2D eigenvalue weighted by Crippen LogP contribution is 2.25. The summed E-state index contributed by atoms with van der Waals surface area (Å²) in [7, 11) is 0. The molecule has 0 heteroatoms. The second-order valence-electron chi connectivity index (χ2n) is 4.02. The molecule has 0 aliphatic carbocycles. The summed E-state index contributed by atoms with van der Waals surface area (Å²) in [6.07, 6.45) is 8.20. The molecule has 73 valence electrons. The third-order valence-corrected chi connectivity index (χ3v) is 2.49. The fraction of sp³-hybridized carbons (Fsp3) is 0.917. The summed E-state index contributed by atoms with van der Waals surface area (Å²) in [4.78, 5) is 0. The Labute approximate surface area is 78.8 Å². The van der Waals surface area contributed by atoms with Crippen LogP contribution in [0.25, 0.3) is 0 Å². The van der Waals surface area contributed by atoms with Crippen molar-refractivity contribution in [2.24, 2.45) is 5.92 Å². The minimum atomic E-state index is 0.807. The maximum atomic E-state index is 2.33. The van der Waals surface area contributed by atoms with Crippen molar-refractivity contribution in [2.75, 3.05) is 0 Å². The first-order valence-corrected chi connectivity index (χ1v) is 5.56. The molecule has 0 aromatic carbocycles. The highest BCUT2D eigenvalue weighted by molar-refractivity contribution is 4.91. The molecule has 0 aromatic rings. The molecule has 0 spiro atoms. The van der Waals surface area contributed by atoms with Crippen molar-refractivity contribution < 1.29 is 0 Å². The first-order valence-electron chi connectivity index (χ1n) is 5.56. The van der Waals surface area contributed by atoms with Crippen LogP contribution in [-0.2, 0) is 0 Å². The van der Waals surface area contributed by atoms with Gasteiger partial charge in [-0.1, -0.05) is 53.4 Å². The molecule has 0 N–H and O–H groups in total. The standard InChI is InChI=1S/C12H25/c1-5-7-8-10-12(9-6-2)11(3)4/h11H,5-10H2,1-4H3. The number of hydrogen-bond donors (Lipinski definition) is 0. The third kappa shape index (κ3) is 5.62. The lowest BCUT2D eigenvalue weighted by Gasteiger charge is -2.19. The average Bonchev–Trinajstić information content (AvgIpc) is 2.03. The zero-order chi connectivity index (χ0) is 9.40. The zero-order valence-corrected chi connectivity index (χ0v) is 9.32. The fourth-order valence-electron chi connectivity index (χ4n) is 1.63. The second-order valence-corrected chi connectivity index (χ2v) is 4.02. The van der Waals surface area contributed by atoms with Gasteiger partial charge in [0.15, 0.2) is 0 Å². The van der Waals surface area contributed by atoms with Gasteiger partial charge in [0.25, 0.3) is 0 Å². The van der Waals surface area contributed by atoms with Crippen molar-refractivity contribution in [1.82, 2.24) is 0 Å². The molecule has 0 aliphatic rings. The molecule has 0 saturated heterocycles. The molecule has 0 amide bonds. The van der Waals surface area contributed by atoms with E-state index in [-0.39, 0.29) is 0 Å². The van der Waals surface area contributed by atoms with Gasteiger partial charge in [-0.05, 0) is 24.7 Å². The van der Waals surface area contributed by atoms with E-state index in [1.807, 2.05) is 0 Å². The summed E-state index contributed by atoms with van der Waals surface area (Å²) < 4.78 is 0. The largest absolute Gasteiger partial charge is 0.0654 e. The second kappa shape index (κ2) is 7.64. The van der Waals surface area contributed by atoms with Gasteiger partial charge in [-0.15, -0.1) is 0 Å². The van der Waals surface area contributed by atoms with Crippen molar-refractivity contribution in [1.29, 1.82) is 0 Å². The van der Waals surface area contributed by atoms with Gasteiger partial charge in [0.2, 0.25) is 0 Å². The Morgan fingerprint density at radius 1 is 0.917 bits per heavy atom. The first-order chi connectivity index (χ1) is 5.72. The molecule has 0 bridgehead atoms. The van der Waals surface area contributed by atoms with E-state index in [0.29, 0.717) is 0 Å². The Balaban J connectivity index is 3.49. The predicted octanol–water partition coefficient (Wildman–Crippen LogP) is 4.60. The molecule has 12 heavy (non-hydrogen) atoms. The molecule has 0 aromatic heterocycles. The van der Waals surface area contributed by atoms with Crippen LogP contribution < -0.4 is 0 Å². The molecule has 0 saturated carbocycles. The third-order valence-electron chi connectivity index (χ3n) is 2.49. The smallest absolute Gasteiger partial charge is 0.0216 e. The summed E-state index contributed by atoms with van der Waals surface area (Å²) in [6, 6.07) is 0. The molecule has 1 radical (unpaired) electrons. The first kappa shape index (κ1) is 12.0. The van der Waals surface area contributed by atoms with Gasteiger partial charge in [-0.25, -0.2) is 0 Å². The van der Waals surface area contributed by atoms with E-state index < -0.39 is 0 Å². The van der Waals surface area contributed by atoms with Crippen molar-refractivity contribution in [3.8, 4) is 0 Å². The van der Waals surface area contributed by atoms with E-state index in [4.69, 9.17) is 0 Å². The zero-order valence-electron chi connectivity index (χ0n) is 9.32. The lowest BCUT2D eigenvalue weighted by Crippen LogP contribution is -2.05. The summed E-state index contributed by atoms with van der Waals surface area (Å²) in [6.45, 7) is 9.21. The van der Waals surface area contributed by atoms with E-state index in [2.05, 4.69) is 27.7 Å². The van der Waals surface area contributed by atoms with E-state index >= 15 is 0 Å². The van der Waals surface area contributed by atoms with Crippen LogP contribution in [0.1, 0.15) is 66.2 Å². The SMILES string of the molecule is CCCCC[C](CCC)C(C)C. The van der Waals surface area contributed by atoms with Crippen molar-refractivity contribution in [2.45, 2.75) is 66.2 Å². The molecule has 0 aliphatic heterocycles. The summed E-state index contributed by atoms with van der Waals surface area (Å²) in [5, 5.41) is 0. The van der Waals surface area contributed by atoms with E-state index in [9.17, 15) is 0 Å². The molecule has 0 rings (SSSR count). The lowest BCUT2D eigenvalue weighted by molar-refractivity contribution is 0.520. The van der Waals surface area contributed by atoms with Crippen LogP contribution in [0.15, 0.2) is 0 Å². The normalized spacial score (nSPS) is 11.5. The van der Waals surface area contributed by atoms with Crippen molar-refractivity contribution >= 4 is 0 Å². The minimum absolute atomic E-state index is 0.807. The van der Waals surface area contributed by atoms with Gasteiger partial charge < -0.3 is 0 Å². The summed E-state index contributed by atoms with van der Waals surface area (Å²) >= 11 is 0. The molecule has 0 atom stereocenters. The van der Waals surface area contributed by atoms with Crippen molar-refractivity contribution in [3.63, 3.8) is 0 Å². The highest BCUT2D eigenvalue weighted by atomic mass is 14.2. The maximum Gasteiger partial charge on any atom is -0.0216 e. The summed E-state index contributed by atoms with van der Waals surface area (Å²) in [5.74, 6) is 2.59. The molecule has 0 heterocycles. The van der Waals surface area contributed by atoms with Gasteiger partial charge in [-0.2, -0.15) is 0 Å². The Bertz CT molecular complexity index is 84.0. The average molecular weight is 169 g/mol. The number of rotatable bonds is 7. The van der Waals surface area contributed by atoms with Gasteiger partial charge >= 0.3 is 0 Å². The van der Waals surface area contributed by atoms with Gasteiger partial charge in [0, 0.05) is 0 Å². The van der Waals surface area contributed by atoms with Crippen LogP contribution in [0.2, 0.25) is 0 Å². The van der Waals surface area contributed by atoms with E-state index in [1.165, 1.54) is 38.5 Å². The Hall–Kier alpha value is 0. The monoisotopic (exact) mass is 169 g/mol. The Morgan fingerprint density at radius 3 is 2.00 bits per heavy atom. The van der Waals surface area contributed by atoms with Gasteiger partial charge in [-0.3, -0.25) is 0 Å². The lowest BCUT2D eigenvalue weighted by atomic mass is 9.87. The summed E-state index contributed by atoms with van der Waals surface area (Å²) in [5.41, 5.74) is 0.